The van der Waals surface area contributed by atoms with Crippen molar-refractivity contribution in [2.45, 2.75) is 12.8 Å². The van der Waals surface area contributed by atoms with Crippen molar-refractivity contribution in [1.82, 2.24) is 4.90 Å². The van der Waals surface area contributed by atoms with Gasteiger partial charge in [-0.15, -0.1) is 11.6 Å². The highest BCUT2D eigenvalue weighted by molar-refractivity contribution is 6.27. The molecule has 0 aromatic heterocycles. The van der Waals surface area contributed by atoms with Gasteiger partial charge in [-0.1, -0.05) is 0 Å². The topological polar surface area (TPSA) is 29.5 Å². The van der Waals surface area contributed by atoms with Gasteiger partial charge in [0, 0.05) is 25.1 Å². The second kappa shape index (κ2) is 3.46. The summed E-state index contributed by atoms with van der Waals surface area (Å²) in [6.45, 7) is 3.37. The number of amides is 1. The van der Waals surface area contributed by atoms with Gasteiger partial charge in [0.25, 0.3) is 0 Å². The molecule has 2 rings (SSSR count). The lowest BCUT2D eigenvalue weighted by atomic mass is 9.87. The Kier molecular flexibility index (Phi) is 2.47. The molecule has 0 N–H and O–H groups in total. The van der Waals surface area contributed by atoms with Gasteiger partial charge in [-0.2, -0.15) is 0 Å². The van der Waals surface area contributed by atoms with E-state index in [-0.39, 0.29) is 17.2 Å². The van der Waals surface area contributed by atoms with E-state index in [1.165, 1.54) is 0 Å². The van der Waals surface area contributed by atoms with Crippen LogP contribution in [0.2, 0.25) is 0 Å². The van der Waals surface area contributed by atoms with Gasteiger partial charge >= 0.3 is 0 Å². The van der Waals surface area contributed by atoms with E-state index in [4.69, 9.17) is 16.3 Å². The second-order valence-electron chi connectivity index (χ2n) is 4.00. The molecule has 0 radical (unpaired) electrons. The van der Waals surface area contributed by atoms with Gasteiger partial charge < -0.3 is 9.64 Å². The van der Waals surface area contributed by atoms with Crippen molar-refractivity contribution < 1.29 is 9.53 Å². The first-order valence-corrected chi connectivity index (χ1v) is 5.21. The van der Waals surface area contributed by atoms with Crippen molar-refractivity contribution in [2.24, 2.45) is 5.41 Å². The molecule has 0 aromatic carbocycles. The van der Waals surface area contributed by atoms with Gasteiger partial charge in [0.2, 0.25) is 5.91 Å². The quantitative estimate of drug-likeness (QED) is 0.592. The zero-order chi connectivity index (χ0) is 9.31. The fourth-order valence-corrected chi connectivity index (χ4v) is 2.37. The average Bonchev–Trinajstić information content (AvgIpc) is 2.76. The van der Waals surface area contributed by atoms with E-state index in [1.54, 1.807) is 0 Å². The molecule has 1 spiro atoms. The lowest BCUT2D eigenvalue weighted by molar-refractivity contribution is -0.127. The number of ether oxygens (including phenoxy) is 1. The minimum Gasteiger partial charge on any atom is -0.381 e. The maximum absolute atomic E-state index is 11.3. The van der Waals surface area contributed by atoms with Gasteiger partial charge in [-0.3, -0.25) is 4.79 Å². The first-order valence-electron chi connectivity index (χ1n) is 4.67. The van der Waals surface area contributed by atoms with Gasteiger partial charge in [-0.05, 0) is 12.8 Å². The van der Waals surface area contributed by atoms with Crippen LogP contribution in [-0.2, 0) is 9.53 Å². The Morgan fingerprint density at radius 2 is 2.38 bits per heavy atom. The van der Waals surface area contributed by atoms with E-state index in [0.717, 1.165) is 39.1 Å². The minimum atomic E-state index is 0.0606. The van der Waals surface area contributed by atoms with Crippen LogP contribution in [0.1, 0.15) is 12.8 Å². The molecule has 2 saturated heterocycles. The molecule has 2 heterocycles. The van der Waals surface area contributed by atoms with Crippen LogP contribution in [0.5, 0.6) is 0 Å². The third-order valence-electron chi connectivity index (χ3n) is 3.09. The van der Waals surface area contributed by atoms with Crippen LogP contribution in [0.4, 0.5) is 0 Å². The normalized spacial score (nSPS) is 33.2. The molecule has 1 unspecified atom stereocenters. The van der Waals surface area contributed by atoms with Gasteiger partial charge in [0.05, 0.1) is 6.61 Å². The number of likely N-dealkylation sites (tertiary alicyclic amines) is 1. The number of alkyl halides is 1. The third kappa shape index (κ3) is 1.67. The van der Waals surface area contributed by atoms with E-state index < -0.39 is 0 Å². The Hall–Kier alpha value is -0.280. The summed E-state index contributed by atoms with van der Waals surface area (Å²) in [7, 11) is 0. The maximum atomic E-state index is 11.3. The summed E-state index contributed by atoms with van der Waals surface area (Å²) in [6.07, 6.45) is 2.18. The number of hydrogen-bond donors (Lipinski definition) is 0. The first-order chi connectivity index (χ1) is 6.26. The van der Waals surface area contributed by atoms with E-state index in [0.29, 0.717) is 0 Å². The largest absolute Gasteiger partial charge is 0.381 e. The van der Waals surface area contributed by atoms with E-state index in [2.05, 4.69) is 0 Å². The van der Waals surface area contributed by atoms with Crippen LogP contribution in [-0.4, -0.2) is 43.0 Å². The molecule has 2 aliphatic rings. The predicted molar refractivity (Wildman–Crippen MR) is 49.8 cm³/mol. The third-order valence-corrected chi connectivity index (χ3v) is 3.32. The first kappa shape index (κ1) is 9.28. The lowest BCUT2D eigenvalue weighted by Gasteiger charge is -2.21. The summed E-state index contributed by atoms with van der Waals surface area (Å²) < 4.78 is 5.37. The van der Waals surface area contributed by atoms with Crippen LogP contribution >= 0.6 is 11.6 Å². The molecule has 0 bridgehead atoms. The number of hydrogen-bond acceptors (Lipinski definition) is 2. The fourth-order valence-electron chi connectivity index (χ4n) is 2.20. The van der Waals surface area contributed by atoms with Crippen molar-refractivity contribution >= 4 is 17.5 Å². The lowest BCUT2D eigenvalue weighted by Crippen LogP contribution is -2.33. The smallest absolute Gasteiger partial charge is 0.237 e. The summed E-state index contributed by atoms with van der Waals surface area (Å²) in [5.74, 6) is 0.169. The highest BCUT2D eigenvalue weighted by atomic mass is 35.5. The molecular weight excluding hydrogens is 190 g/mol. The summed E-state index contributed by atoms with van der Waals surface area (Å²) >= 11 is 5.50. The molecule has 0 saturated carbocycles. The monoisotopic (exact) mass is 203 g/mol. The van der Waals surface area contributed by atoms with Crippen molar-refractivity contribution in [2.75, 3.05) is 32.2 Å². The number of rotatable bonds is 1. The number of carbonyl (C=O) groups excluding carboxylic acids is 1. The van der Waals surface area contributed by atoms with Gasteiger partial charge in [0.15, 0.2) is 0 Å². The molecular formula is C9H14ClNO2. The Bertz CT molecular complexity index is 214. The Morgan fingerprint density at radius 3 is 3.00 bits per heavy atom. The summed E-state index contributed by atoms with van der Waals surface area (Å²) in [4.78, 5) is 13.2. The number of carbonyl (C=O) groups is 1. The standard InChI is InChI=1S/C9H14ClNO2/c10-5-8(12)11-3-1-9(6-11)2-4-13-7-9/h1-7H2. The maximum Gasteiger partial charge on any atom is 0.237 e. The van der Waals surface area contributed by atoms with Crippen molar-refractivity contribution in [3.05, 3.63) is 0 Å². The van der Waals surface area contributed by atoms with E-state index in [1.807, 2.05) is 4.90 Å². The average molecular weight is 204 g/mol. The Morgan fingerprint density at radius 1 is 1.54 bits per heavy atom. The fraction of sp³-hybridized carbons (Fsp3) is 0.889. The molecule has 2 aliphatic heterocycles. The molecule has 1 amide bonds. The summed E-state index contributed by atoms with van der Waals surface area (Å²) in [5, 5.41) is 0. The SMILES string of the molecule is O=C(CCl)N1CCC2(CCOC2)C1. The predicted octanol–water partition coefficient (Wildman–Crippen LogP) is 0.864. The molecule has 0 aromatic rings. The molecule has 3 nitrogen and oxygen atoms in total. The van der Waals surface area contributed by atoms with Crippen LogP contribution < -0.4 is 0 Å². The molecule has 13 heavy (non-hydrogen) atoms. The van der Waals surface area contributed by atoms with Crippen molar-refractivity contribution in [3.8, 4) is 0 Å². The van der Waals surface area contributed by atoms with Crippen LogP contribution in [0, 0.1) is 5.41 Å². The zero-order valence-electron chi connectivity index (χ0n) is 7.59. The van der Waals surface area contributed by atoms with Gasteiger partial charge in [0.1, 0.15) is 5.88 Å². The van der Waals surface area contributed by atoms with E-state index in [9.17, 15) is 4.79 Å². The Labute approximate surface area is 83.0 Å². The molecule has 74 valence electrons. The van der Waals surface area contributed by atoms with Crippen LogP contribution in [0.15, 0.2) is 0 Å². The molecule has 1 atom stereocenters. The van der Waals surface area contributed by atoms with Crippen LogP contribution in [0.25, 0.3) is 0 Å². The summed E-state index contributed by atoms with van der Waals surface area (Å²) in [6, 6.07) is 0. The number of halogens is 1. The van der Waals surface area contributed by atoms with Crippen molar-refractivity contribution in [1.29, 1.82) is 0 Å². The van der Waals surface area contributed by atoms with E-state index >= 15 is 0 Å². The second-order valence-corrected chi connectivity index (χ2v) is 4.27. The molecule has 4 heteroatoms. The number of nitrogens with zero attached hydrogens (tertiary/aromatic N) is 1. The minimum absolute atomic E-state index is 0.0606. The van der Waals surface area contributed by atoms with Crippen molar-refractivity contribution in [3.63, 3.8) is 0 Å². The van der Waals surface area contributed by atoms with Crippen LogP contribution in [0.3, 0.4) is 0 Å². The summed E-state index contributed by atoms with van der Waals surface area (Å²) in [5.41, 5.74) is 0.266. The highest BCUT2D eigenvalue weighted by Crippen LogP contribution is 2.38. The zero-order valence-corrected chi connectivity index (χ0v) is 8.35. The molecule has 0 aliphatic carbocycles. The van der Waals surface area contributed by atoms with Gasteiger partial charge in [-0.25, -0.2) is 0 Å². The molecule has 2 fully saturated rings. The highest BCUT2D eigenvalue weighted by Gasteiger charge is 2.42. The Balaban J connectivity index is 1.96.